The number of aryl methyl sites for hydroxylation is 1. The highest BCUT2D eigenvalue weighted by Crippen LogP contribution is 2.37. The molecular formula is C16H24ClN3O4S. The Morgan fingerprint density at radius 3 is 2.52 bits per heavy atom. The maximum Gasteiger partial charge on any atom is 0.243 e. The van der Waals surface area contributed by atoms with E-state index in [9.17, 15) is 8.42 Å². The molecule has 9 heteroatoms. The molecule has 0 saturated carbocycles. The van der Waals surface area contributed by atoms with Gasteiger partial charge in [0, 0.05) is 51.4 Å². The fourth-order valence-corrected chi connectivity index (χ4v) is 5.43. The summed E-state index contributed by atoms with van der Waals surface area (Å²) in [6.07, 6.45) is 0.892. The van der Waals surface area contributed by atoms with Crippen molar-refractivity contribution in [1.82, 2.24) is 14.5 Å². The molecule has 0 aliphatic carbocycles. The van der Waals surface area contributed by atoms with Crippen LogP contribution >= 0.6 is 12.4 Å². The van der Waals surface area contributed by atoms with Crippen LogP contribution in [0.1, 0.15) is 12.0 Å². The minimum Gasteiger partial charge on any atom is -0.454 e. The number of piperazine rings is 1. The summed E-state index contributed by atoms with van der Waals surface area (Å²) in [5.41, 5.74) is 0.699. The molecule has 1 unspecified atom stereocenters. The first kappa shape index (κ1) is 18.7. The van der Waals surface area contributed by atoms with Crippen molar-refractivity contribution in [2.24, 2.45) is 0 Å². The minimum absolute atomic E-state index is 0. The van der Waals surface area contributed by atoms with Gasteiger partial charge in [-0.15, -0.1) is 12.4 Å². The van der Waals surface area contributed by atoms with Gasteiger partial charge < -0.3 is 14.8 Å². The van der Waals surface area contributed by atoms with Gasteiger partial charge in [0.05, 0.1) is 4.90 Å². The second-order valence-electron chi connectivity index (χ2n) is 6.56. The van der Waals surface area contributed by atoms with Crippen molar-refractivity contribution in [2.45, 2.75) is 24.3 Å². The van der Waals surface area contributed by atoms with Gasteiger partial charge in [0.25, 0.3) is 0 Å². The zero-order valence-corrected chi connectivity index (χ0v) is 15.9. The van der Waals surface area contributed by atoms with Crippen molar-refractivity contribution < 1.29 is 17.9 Å². The van der Waals surface area contributed by atoms with Crippen LogP contribution in [0.5, 0.6) is 11.5 Å². The molecule has 0 amide bonds. The molecule has 4 rings (SSSR count). The standard InChI is InChI=1S/C16H23N3O4S.ClH/c1-12-8-14-15(23-11-22-14)9-16(12)24(20,21)19-5-2-13(10-19)18-6-3-17-4-7-18;/h8-9,13,17H,2-7,10-11H2,1H3;1H. The molecule has 0 spiro atoms. The molecule has 0 radical (unpaired) electrons. The predicted molar refractivity (Wildman–Crippen MR) is 96.2 cm³/mol. The SMILES string of the molecule is Cc1cc2c(cc1S(=O)(=O)N1CCC(N3CCNCC3)C1)OCO2.Cl. The number of sulfonamides is 1. The molecule has 1 atom stereocenters. The highest BCUT2D eigenvalue weighted by atomic mass is 35.5. The molecule has 7 nitrogen and oxygen atoms in total. The third-order valence-corrected chi connectivity index (χ3v) is 7.09. The Morgan fingerprint density at radius 2 is 1.80 bits per heavy atom. The van der Waals surface area contributed by atoms with E-state index in [1.807, 2.05) is 0 Å². The first-order valence-corrected chi connectivity index (χ1v) is 9.85. The lowest BCUT2D eigenvalue weighted by molar-refractivity contribution is 0.174. The topological polar surface area (TPSA) is 71.1 Å². The normalized spacial score (nSPS) is 24.3. The van der Waals surface area contributed by atoms with E-state index in [1.165, 1.54) is 0 Å². The van der Waals surface area contributed by atoms with Gasteiger partial charge in [-0.3, -0.25) is 4.90 Å². The summed E-state index contributed by atoms with van der Waals surface area (Å²) >= 11 is 0. The van der Waals surface area contributed by atoms with Crippen LogP contribution in [0.2, 0.25) is 0 Å². The van der Waals surface area contributed by atoms with Crippen molar-refractivity contribution >= 4 is 22.4 Å². The molecular weight excluding hydrogens is 366 g/mol. The van der Waals surface area contributed by atoms with Gasteiger partial charge in [-0.1, -0.05) is 0 Å². The van der Waals surface area contributed by atoms with E-state index < -0.39 is 10.0 Å². The van der Waals surface area contributed by atoms with Gasteiger partial charge >= 0.3 is 0 Å². The van der Waals surface area contributed by atoms with Crippen molar-refractivity contribution in [1.29, 1.82) is 0 Å². The zero-order valence-electron chi connectivity index (χ0n) is 14.2. The van der Waals surface area contributed by atoms with Crippen LogP contribution in [0.25, 0.3) is 0 Å². The van der Waals surface area contributed by atoms with E-state index in [4.69, 9.17) is 9.47 Å². The van der Waals surface area contributed by atoms with Crippen molar-refractivity contribution in [3.05, 3.63) is 17.7 Å². The first-order chi connectivity index (χ1) is 11.6. The fourth-order valence-electron chi connectivity index (χ4n) is 3.72. The highest BCUT2D eigenvalue weighted by Gasteiger charge is 2.36. The summed E-state index contributed by atoms with van der Waals surface area (Å²) in [7, 11) is -3.51. The number of ether oxygens (including phenoxy) is 2. The molecule has 3 aliphatic rings. The Hall–Kier alpha value is -1.06. The van der Waals surface area contributed by atoms with Crippen LogP contribution in [-0.4, -0.2) is 69.7 Å². The predicted octanol–water partition coefficient (Wildman–Crippen LogP) is 0.814. The number of fused-ring (bicyclic) bond motifs is 1. The van der Waals surface area contributed by atoms with Gasteiger partial charge in [0.2, 0.25) is 16.8 Å². The van der Waals surface area contributed by atoms with E-state index in [0.29, 0.717) is 41.1 Å². The smallest absolute Gasteiger partial charge is 0.243 e. The summed E-state index contributed by atoms with van der Waals surface area (Å²) in [4.78, 5) is 2.73. The van der Waals surface area contributed by atoms with Gasteiger partial charge in [0.1, 0.15) is 0 Å². The number of rotatable bonds is 3. The molecule has 0 aromatic heterocycles. The van der Waals surface area contributed by atoms with Gasteiger partial charge in [0.15, 0.2) is 11.5 Å². The number of benzene rings is 1. The number of nitrogens with zero attached hydrogens (tertiary/aromatic N) is 2. The molecule has 25 heavy (non-hydrogen) atoms. The second kappa shape index (κ2) is 7.28. The van der Waals surface area contributed by atoms with Crippen LogP contribution in [0.3, 0.4) is 0 Å². The van der Waals surface area contributed by atoms with E-state index in [-0.39, 0.29) is 19.2 Å². The monoisotopic (exact) mass is 389 g/mol. The second-order valence-corrected chi connectivity index (χ2v) is 8.47. The maximum absolute atomic E-state index is 13.1. The average Bonchev–Trinajstić information content (AvgIpc) is 3.24. The highest BCUT2D eigenvalue weighted by molar-refractivity contribution is 7.89. The number of nitrogens with one attached hydrogen (secondary N) is 1. The van der Waals surface area contributed by atoms with Crippen LogP contribution in [-0.2, 0) is 10.0 Å². The van der Waals surface area contributed by atoms with Crippen molar-refractivity contribution in [3.8, 4) is 11.5 Å². The quantitative estimate of drug-likeness (QED) is 0.825. The van der Waals surface area contributed by atoms with Gasteiger partial charge in [-0.25, -0.2) is 8.42 Å². The Balaban J connectivity index is 0.00000182. The summed E-state index contributed by atoms with van der Waals surface area (Å²) in [5.74, 6) is 1.13. The molecule has 2 fully saturated rings. The van der Waals surface area contributed by atoms with Crippen LogP contribution < -0.4 is 14.8 Å². The summed E-state index contributed by atoms with van der Waals surface area (Å²) in [6, 6.07) is 3.67. The Morgan fingerprint density at radius 1 is 1.12 bits per heavy atom. The summed E-state index contributed by atoms with van der Waals surface area (Å²) in [6.45, 7) is 7.02. The van der Waals surface area contributed by atoms with E-state index in [0.717, 1.165) is 32.6 Å². The third-order valence-electron chi connectivity index (χ3n) is 5.08. The number of hydrogen-bond acceptors (Lipinski definition) is 6. The minimum atomic E-state index is -3.51. The van der Waals surface area contributed by atoms with Crippen LogP contribution in [0.15, 0.2) is 17.0 Å². The van der Waals surface area contributed by atoms with E-state index >= 15 is 0 Å². The lowest BCUT2D eigenvalue weighted by Crippen LogP contribution is -2.49. The van der Waals surface area contributed by atoms with Crippen LogP contribution in [0, 0.1) is 6.92 Å². The molecule has 1 aromatic carbocycles. The van der Waals surface area contributed by atoms with Gasteiger partial charge in [-0.05, 0) is 25.0 Å². The third kappa shape index (κ3) is 3.46. The van der Waals surface area contributed by atoms with Crippen molar-refractivity contribution in [3.63, 3.8) is 0 Å². The Kier molecular flexibility index (Phi) is 5.45. The number of halogens is 1. The molecule has 2 saturated heterocycles. The summed E-state index contributed by atoms with van der Waals surface area (Å²) < 4.78 is 38.5. The maximum atomic E-state index is 13.1. The molecule has 0 bridgehead atoms. The van der Waals surface area contributed by atoms with E-state index in [1.54, 1.807) is 23.4 Å². The molecule has 1 aromatic rings. The largest absolute Gasteiger partial charge is 0.454 e. The molecule has 1 N–H and O–H groups in total. The molecule has 3 heterocycles. The number of hydrogen-bond donors (Lipinski definition) is 1. The zero-order chi connectivity index (χ0) is 16.7. The van der Waals surface area contributed by atoms with Crippen molar-refractivity contribution in [2.75, 3.05) is 46.1 Å². The fraction of sp³-hybridized carbons (Fsp3) is 0.625. The average molecular weight is 390 g/mol. The summed E-state index contributed by atoms with van der Waals surface area (Å²) in [5, 5.41) is 3.34. The Bertz CT molecular complexity index is 737. The molecule has 140 valence electrons. The van der Waals surface area contributed by atoms with E-state index in [2.05, 4.69) is 10.2 Å². The Labute approximate surface area is 154 Å². The van der Waals surface area contributed by atoms with Gasteiger partial charge in [-0.2, -0.15) is 4.31 Å². The first-order valence-electron chi connectivity index (χ1n) is 8.41. The lowest BCUT2D eigenvalue weighted by Gasteiger charge is -2.32. The van der Waals surface area contributed by atoms with Crippen LogP contribution in [0.4, 0.5) is 0 Å². The molecule has 3 aliphatic heterocycles. The lowest BCUT2D eigenvalue weighted by atomic mass is 10.2.